The van der Waals surface area contributed by atoms with Crippen molar-refractivity contribution in [2.75, 3.05) is 13.7 Å². The van der Waals surface area contributed by atoms with E-state index in [4.69, 9.17) is 9.26 Å². The quantitative estimate of drug-likeness (QED) is 0.746. The van der Waals surface area contributed by atoms with Crippen LogP contribution in [0.4, 0.5) is 0 Å². The number of rotatable bonds is 6. The highest BCUT2D eigenvalue weighted by molar-refractivity contribution is 6.00. The third-order valence-corrected chi connectivity index (χ3v) is 4.01. The van der Waals surface area contributed by atoms with Gasteiger partial charge in [-0.05, 0) is 25.0 Å². The maximum absolute atomic E-state index is 12.6. The van der Waals surface area contributed by atoms with E-state index in [1.54, 1.807) is 14.0 Å². The topological polar surface area (TPSA) is 64.4 Å². The van der Waals surface area contributed by atoms with Gasteiger partial charge in [0, 0.05) is 12.1 Å². The number of nitrogens with zero attached hydrogens (tertiary/aromatic N) is 1. The van der Waals surface area contributed by atoms with Gasteiger partial charge in [-0.25, -0.2) is 0 Å². The summed E-state index contributed by atoms with van der Waals surface area (Å²) in [4.78, 5) is 12.6. The van der Waals surface area contributed by atoms with Gasteiger partial charge < -0.3 is 14.6 Å². The Balaban J connectivity index is 1.71. The highest BCUT2D eigenvalue weighted by Crippen LogP contribution is 2.25. The molecule has 5 heteroatoms. The molecule has 25 heavy (non-hydrogen) atoms. The van der Waals surface area contributed by atoms with Crippen LogP contribution in [0.5, 0.6) is 5.75 Å². The molecule has 5 nitrogen and oxygen atoms in total. The van der Waals surface area contributed by atoms with E-state index in [1.165, 1.54) is 0 Å². The van der Waals surface area contributed by atoms with Crippen molar-refractivity contribution in [2.45, 2.75) is 13.3 Å². The molecular weight excluding hydrogens is 316 g/mol. The number of methoxy groups -OCH3 is 1. The summed E-state index contributed by atoms with van der Waals surface area (Å²) in [5, 5.41) is 6.99. The van der Waals surface area contributed by atoms with Gasteiger partial charge in [0.05, 0.1) is 7.11 Å². The lowest BCUT2D eigenvalue weighted by molar-refractivity contribution is 0.0953. The molecule has 0 fully saturated rings. The maximum atomic E-state index is 12.6. The lowest BCUT2D eigenvalue weighted by atomic mass is 10.1. The second kappa shape index (κ2) is 7.66. The van der Waals surface area contributed by atoms with Crippen molar-refractivity contribution in [3.05, 3.63) is 71.5 Å². The number of aromatic nitrogens is 1. The van der Waals surface area contributed by atoms with Gasteiger partial charge in [0.1, 0.15) is 22.8 Å². The summed E-state index contributed by atoms with van der Waals surface area (Å²) in [6.07, 6.45) is 0.681. The highest BCUT2D eigenvalue weighted by atomic mass is 16.5. The zero-order valence-corrected chi connectivity index (χ0v) is 14.3. The van der Waals surface area contributed by atoms with Gasteiger partial charge >= 0.3 is 0 Å². The Hall–Kier alpha value is -3.08. The van der Waals surface area contributed by atoms with E-state index in [1.807, 2.05) is 54.6 Å². The van der Waals surface area contributed by atoms with Crippen molar-refractivity contribution in [3.63, 3.8) is 0 Å². The number of hydrogen-bond acceptors (Lipinski definition) is 4. The normalized spacial score (nSPS) is 10.5. The average molecular weight is 336 g/mol. The number of carbonyl (C=O) groups is 1. The second-order valence-electron chi connectivity index (χ2n) is 5.65. The molecule has 0 bridgehead atoms. The molecule has 0 radical (unpaired) electrons. The van der Waals surface area contributed by atoms with Crippen LogP contribution in [-0.2, 0) is 6.42 Å². The second-order valence-corrected chi connectivity index (χ2v) is 5.65. The van der Waals surface area contributed by atoms with Crippen LogP contribution in [-0.4, -0.2) is 24.7 Å². The Kier molecular flexibility index (Phi) is 5.14. The van der Waals surface area contributed by atoms with Gasteiger partial charge in [0.25, 0.3) is 5.91 Å². The van der Waals surface area contributed by atoms with Gasteiger partial charge in [-0.2, -0.15) is 0 Å². The predicted molar refractivity (Wildman–Crippen MR) is 95.7 cm³/mol. The molecule has 0 aliphatic heterocycles. The number of amides is 1. The molecule has 1 heterocycles. The summed E-state index contributed by atoms with van der Waals surface area (Å²) in [6.45, 7) is 2.24. The average Bonchev–Trinajstić information content (AvgIpc) is 3.04. The molecule has 3 aromatic rings. The van der Waals surface area contributed by atoms with Crippen LogP contribution in [0.2, 0.25) is 0 Å². The van der Waals surface area contributed by atoms with Crippen LogP contribution >= 0.6 is 0 Å². The van der Waals surface area contributed by atoms with E-state index in [9.17, 15) is 4.79 Å². The molecule has 0 saturated heterocycles. The molecule has 0 saturated carbocycles. The Morgan fingerprint density at radius 3 is 2.60 bits per heavy atom. The van der Waals surface area contributed by atoms with E-state index in [0.29, 0.717) is 30.0 Å². The van der Waals surface area contributed by atoms with Crippen molar-refractivity contribution in [1.29, 1.82) is 0 Å². The van der Waals surface area contributed by atoms with Crippen LogP contribution in [0.3, 0.4) is 0 Å². The fourth-order valence-corrected chi connectivity index (χ4v) is 2.74. The first-order chi connectivity index (χ1) is 12.2. The number of ether oxygens (including phenoxy) is 1. The van der Waals surface area contributed by atoms with Crippen LogP contribution in [0.25, 0.3) is 11.3 Å². The van der Waals surface area contributed by atoms with Crippen LogP contribution < -0.4 is 10.1 Å². The Bertz CT molecular complexity index is 856. The SMILES string of the molecule is COc1ccccc1CCNC(=O)c1c(-c2ccccc2)noc1C. The fraction of sp³-hybridized carbons (Fsp3) is 0.200. The molecule has 0 unspecified atom stereocenters. The summed E-state index contributed by atoms with van der Waals surface area (Å²) in [5.41, 5.74) is 2.95. The van der Waals surface area contributed by atoms with Crippen LogP contribution in [0, 0.1) is 6.92 Å². The number of nitrogens with one attached hydrogen (secondary N) is 1. The highest BCUT2D eigenvalue weighted by Gasteiger charge is 2.21. The molecule has 0 spiro atoms. The molecule has 1 amide bonds. The van der Waals surface area contributed by atoms with E-state index in [2.05, 4.69) is 10.5 Å². The third kappa shape index (κ3) is 3.71. The Morgan fingerprint density at radius 2 is 1.84 bits per heavy atom. The Morgan fingerprint density at radius 1 is 1.12 bits per heavy atom. The van der Waals surface area contributed by atoms with Gasteiger partial charge in [0.15, 0.2) is 0 Å². The molecule has 0 aliphatic rings. The molecule has 3 rings (SSSR count). The van der Waals surface area contributed by atoms with Crippen molar-refractivity contribution in [2.24, 2.45) is 0 Å². The first kappa shape index (κ1) is 16.8. The molecule has 128 valence electrons. The monoisotopic (exact) mass is 336 g/mol. The zero-order valence-electron chi connectivity index (χ0n) is 14.3. The lowest BCUT2D eigenvalue weighted by Crippen LogP contribution is -2.26. The third-order valence-electron chi connectivity index (χ3n) is 4.01. The standard InChI is InChI=1S/C20H20N2O3/c1-14-18(19(22-25-14)16-9-4-3-5-10-16)20(23)21-13-12-15-8-6-7-11-17(15)24-2/h3-11H,12-13H2,1-2H3,(H,21,23). The number of para-hydroxylation sites is 1. The van der Waals surface area contributed by atoms with Gasteiger partial charge in [0.2, 0.25) is 0 Å². The number of benzene rings is 2. The summed E-state index contributed by atoms with van der Waals surface area (Å²) >= 11 is 0. The summed E-state index contributed by atoms with van der Waals surface area (Å²) in [7, 11) is 1.64. The van der Waals surface area contributed by atoms with E-state index >= 15 is 0 Å². The minimum Gasteiger partial charge on any atom is -0.496 e. The van der Waals surface area contributed by atoms with Gasteiger partial charge in [-0.15, -0.1) is 0 Å². The van der Waals surface area contributed by atoms with Crippen molar-refractivity contribution in [3.8, 4) is 17.0 Å². The molecule has 2 aromatic carbocycles. The number of aryl methyl sites for hydroxylation is 1. The maximum Gasteiger partial charge on any atom is 0.257 e. The van der Waals surface area contributed by atoms with Crippen LogP contribution in [0.1, 0.15) is 21.7 Å². The zero-order chi connectivity index (χ0) is 17.6. The van der Waals surface area contributed by atoms with Crippen molar-refractivity contribution >= 4 is 5.91 Å². The summed E-state index contributed by atoms with van der Waals surface area (Å²) in [5.74, 6) is 1.14. The largest absolute Gasteiger partial charge is 0.496 e. The van der Waals surface area contributed by atoms with E-state index in [-0.39, 0.29) is 5.91 Å². The van der Waals surface area contributed by atoms with E-state index < -0.39 is 0 Å². The Labute approximate surface area is 146 Å². The fourth-order valence-electron chi connectivity index (χ4n) is 2.74. The van der Waals surface area contributed by atoms with Crippen LogP contribution in [0.15, 0.2) is 59.1 Å². The summed E-state index contributed by atoms with van der Waals surface area (Å²) in [6, 6.07) is 17.3. The van der Waals surface area contributed by atoms with Crippen molar-refractivity contribution < 1.29 is 14.1 Å². The predicted octanol–water partition coefficient (Wildman–Crippen LogP) is 3.63. The molecular formula is C20H20N2O3. The van der Waals surface area contributed by atoms with Crippen molar-refractivity contribution in [1.82, 2.24) is 10.5 Å². The molecule has 0 aliphatic carbocycles. The first-order valence-electron chi connectivity index (χ1n) is 8.12. The number of carbonyl (C=O) groups excluding carboxylic acids is 1. The lowest BCUT2D eigenvalue weighted by Gasteiger charge is -2.09. The number of hydrogen-bond donors (Lipinski definition) is 1. The summed E-state index contributed by atoms with van der Waals surface area (Å²) < 4.78 is 10.6. The minimum atomic E-state index is -0.187. The van der Waals surface area contributed by atoms with Gasteiger partial charge in [-0.3, -0.25) is 4.79 Å². The van der Waals surface area contributed by atoms with E-state index in [0.717, 1.165) is 16.9 Å². The minimum absolute atomic E-state index is 0.187. The first-order valence-corrected chi connectivity index (χ1v) is 8.12. The molecule has 1 aromatic heterocycles. The van der Waals surface area contributed by atoms with Gasteiger partial charge in [-0.1, -0.05) is 53.7 Å². The molecule has 1 N–H and O–H groups in total. The molecule has 0 atom stereocenters. The smallest absolute Gasteiger partial charge is 0.257 e.